The Balaban J connectivity index is 2.39. The molecule has 0 spiro atoms. The molecule has 0 aliphatic carbocycles. The van der Waals surface area contributed by atoms with Gasteiger partial charge in [-0.2, -0.15) is 0 Å². The summed E-state index contributed by atoms with van der Waals surface area (Å²) in [7, 11) is 2.18. The Morgan fingerprint density at radius 2 is 2.15 bits per heavy atom. The highest BCUT2D eigenvalue weighted by Gasteiger charge is 2.24. The lowest BCUT2D eigenvalue weighted by atomic mass is 10.1. The molecular formula is C16H23BrN2O. The second-order valence-corrected chi connectivity index (χ2v) is 6.50. The van der Waals surface area contributed by atoms with Gasteiger partial charge < -0.3 is 9.80 Å². The fourth-order valence-electron chi connectivity index (χ4n) is 2.95. The Kier molecular flexibility index (Phi) is 5.22. The Bertz CT molecular complexity index is 489. The zero-order valence-electron chi connectivity index (χ0n) is 12.5. The van der Waals surface area contributed by atoms with E-state index in [1.54, 1.807) is 6.92 Å². The van der Waals surface area contributed by atoms with E-state index in [2.05, 4.69) is 45.8 Å². The van der Waals surface area contributed by atoms with Crippen LogP contribution in [0.1, 0.15) is 37.0 Å². The second kappa shape index (κ2) is 6.72. The van der Waals surface area contributed by atoms with E-state index >= 15 is 0 Å². The lowest BCUT2D eigenvalue weighted by Crippen LogP contribution is -2.40. The van der Waals surface area contributed by atoms with Crippen molar-refractivity contribution in [3.05, 3.63) is 28.2 Å². The maximum absolute atomic E-state index is 11.9. The first kappa shape index (κ1) is 15.5. The van der Waals surface area contributed by atoms with Gasteiger partial charge in [-0.05, 0) is 51.6 Å². The summed E-state index contributed by atoms with van der Waals surface area (Å²) in [5.41, 5.74) is 1.91. The molecule has 0 amide bonds. The quantitative estimate of drug-likeness (QED) is 0.787. The van der Waals surface area contributed by atoms with Crippen molar-refractivity contribution in [2.24, 2.45) is 0 Å². The molecule has 1 aromatic rings. The van der Waals surface area contributed by atoms with Crippen molar-refractivity contribution in [3.63, 3.8) is 0 Å². The van der Waals surface area contributed by atoms with Crippen LogP contribution in [0.15, 0.2) is 22.7 Å². The predicted molar refractivity (Wildman–Crippen MR) is 87.7 cm³/mol. The minimum atomic E-state index is 0.133. The van der Waals surface area contributed by atoms with Gasteiger partial charge in [-0.1, -0.05) is 22.9 Å². The van der Waals surface area contributed by atoms with Gasteiger partial charge in [0.05, 0.1) is 0 Å². The number of carbonyl (C=O) groups excluding carboxylic acids is 1. The fraction of sp³-hybridized carbons (Fsp3) is 0.562. The van der Waals surface area contributed by atoms with Crippen LogP contribution >= 0.6 is 15.9 Å². The third-order valence-electron chi connectivity index (χ3n) is 4.02. The molecule has 1 unspecified atom stereocenters. The van der Waals surface area contributed by atoms with Gasteiger partial charge in [0.25, 0.3) is 0 Å². The van der Waals surface area contributed by atoms with E-state index < -0.39 is 0 Å². The number of benzene rings is 1. The first-order chi connectivity index (χ1) is 9.52. The Morgan fingerprint density at radius 1 is 1.40 bits per heavy atom. The summed E-state index contributed by atoms with van der Waals surface area (Å²) in [5, 5.41) is 0. The number of halogens is 1. The lowest BCUT2D eigenvalue weighted by Gasteiger charge is -2.33. The lowest BCUT2D eigenvalue weighted by molar-refractivity contribution is 0.101. The van der Waals surface area contributed by atoms with Crippen molar-refractivity contribution in [1.82, 2.24) is 4.90 Å². The van der Waals surface area contributed by atoms with Crippen LogP contribution in [0.4, 0.5) is 5.69 Å². The van der Waals surface area contributed by atoms with Gasteiger partial charge in [0.15, 0.2) is 5.78 Å². The van der Waals surface area contributed by atoms with Crippen LogP contribution in [-0.2, 0) is 0 Å². The molecule has 0 N–H and O–H groups in total. The summed E-state index contributed by atoms with van der Waals surface area (Å²) < 4.78 is 0.964. The van der Waals surface area contributed by atoms with Crippen molar-refractivity contribution < 1.29 is 4.79 Å². The first-order valence-electron chi connectivity index (χ1n) is 7.28. The van der Waals surface area contributed by atoms with Crippen LogP contribution in [0.5, 0.6) is 0 Å². The van der Waals surface area contributed by atoms with Crippen LogP contribution < -0.4 is 4.90 Å². The summed E-state index contributed by atoms with van der Waals surface area (Å²) in [6, 6.07) is 6.53. The highest BCUT2D eigenvalue weighted by molar-refractivity contribution is 9.10. The van der Waals surface area contributed by atoms with Crippen LogP contribution in [0.25, 0.3) is 0 Å². The minimum Gasteiger partial charge on any atom is -0.367 e. The van der Waals surface area contributed by atoms with Crippen molar-refractivity contribution >= 4 is 27.4 Å². The number of Topliss-reactive ketones (excluding diaryl/α,β-unsaturated/α-hetero) is 1. The third-order valence-corrected chi connectivity index (χ3v) is 4.51. The standard InChI is InChI=1S/C16H23BrN2O/c1-4-14-11-18(3)8-5-9-19(14)16-7-6-13(17)10-15(16)12(2)20/h6-7,10,14H,4-5,8-9,11H2,1-3H3. The number of hydrogen-bond donors (Lipinski definition) is 0. The molecule has 3 nitrogen and oxygen atoms in total. The van der Waals surface area contributed by atoms with Gasteiger partial charge in [0.2, 0.25) is 0 Å². The van der Waals surface area contributed by atoms with E-state index in [1.807, 2.05) is 12.1 Å². The van der Waals surface area contributed by atoms with E-state index in [4.69, 9.17) is 0 Å². The highest BCUT2D eigenvalue weighted by Crippen LogP contribution is 2.29. The fourth-order valence-corrected chi connectivity index (χ4v) is 3.31. The first-order valence-corrected chi connectivity index (χ1v) is 8.08. The number of hydrogen-bond acceptors (Lipinski definition) is 3. The third kappa shape index (κ3) is 3.41. The molecule has 4 heteroatoms. The van der Waals surface area contributed by atoms with Crippen LogP contribution in [0, 0.1) is 0 Å². The molecule has 1 heterocycles. The summed E-state index contributed by atoms with van der Waals surface area (Å²) in [6.45, 7) is 7.08. The number of rotatable bonds is 3. The average molecular weight is 339 g/mol. The van der Waals surface area contributed by atoms with Crippen LogP contribution in [0.2, 0.25) is 0 Å². The summed E-state index contributed by atoms with van der Waals surface area (Å²) in [4.78, 5) is 16.8. The average Bonchev–Trinajstić information content (AvgIpc) is 2.60. The van der Waals surface area contributed by atoms with Crippen LogP contribution in [0.3, 0.4) is 0 Å². The molecule has 1 aromatic carbocycles. The van der Waals surface area contributed by atoms with Crippen molar-refractivity contribution in [1.29, 1.82) is 0 Å². The van der Waals surface area contributed by atoms with Gasteiger partial charge in [-0.15, -0.1) is 0 Å². The molecule has 1 atom stereocenters. The maximum atomic E-state index is 11.9. The summed E-state index contributed by atoms with van der Waals surface area (Å²) in [6.07, 6.45) is 2.23. The number of anilines is 1. The molecule has 0 saturated carbocycles. The molecule has 2 rings (SSSR count). The van der Waals surface area contributed by atoms with Crippen molar-refractivity contribution in [3.8, 4) is 0 Å². The Hall–Kier alpha value is -0.870. The van der Waals surface area contributed by atoms with E-state index in [1.165, 1.54) is 0 Å². The largest absolute Gasteiger partial charge is 0.367 e. The van der Waals surface area contributed by atoms with Crippen molar-refractivity contribution in [2.75, 3.05) is 31.6 Å². The molecule has 0 aromatic heterocycles. The van der Waals surface area contributed by atoms with E-state index in [9.17, 15) is 4.79 Å². The van der Waals surface area contributed by atoms with Gasteiger partial charge in [0, 0.05) is 34.9 Å². The zero-order valence-corrected chi connectivity index (χ0v) is 14.1. The zero-order chi connectivity index (χ0) is 14.7. The molecule has 1 aliphatic heterocycles. The Morgan fingerprint density at radius 3 is 2.80 bits per heavy atom. The summed E-state index contributed by atoms with van der Waals surface area (Å²) >= 11 is 3.47. The monoisotopic (exact) mass is 338 g/mol. The topological polar surface area (TPSA) is 23.6 Å². The van der Waals surface area contributed by atoms with E-state index in [0.717, 1.165) is 48.2 Å². The highest BCUT2D eigenvalue weighted by atomic mass is 79.9. The SMILES string of the molecule is CCC1CN(C)CCCN1c1ccc(Br)cc1C(C)=O. The van der Waals surface area contributed by atoms with Crippen LogP contribution in [-0.4, -0.2) is 43.4 Å². The number of likely N-dealkylation sites (N-methyl/N-ethyl adjacent to an activating group) is 1. The van der Waals surface area contributed by atoms with Gasteiger partial charge in [-0.25, -0.2) is 0 Å². The number of carbonyl (C=O) groups is 1. The molecule has 0 radical (unpaired) electrons. The molecule has 110 valence electrons. The minimum absolute atomic E-state index is 0.133. The normalized spacial score (nSPS) is 20.8. The summed E-state index contributed by atoms with van der Waals surface area (Å²) in [5.74, 6) is 0.133. The maximum Gasteiger partial charge on any atom is 0.161 e. The number of nitrogens with zero attached hydrogens (tertiary/aromatic N) is 2. The molecule has 1 saturated heterocycles. The molecule has 20 heavy (non-hydrogen) atoms. The van der Waals surface area contributed by atoms with E-state index in [-0.39, 0.29) is 5.78 Å². The second-order valence-electron chi connectivity index (χ2n) is 5.59. The molecule has 1 fully saturated rings. The Labute approximate surface area is 130 Å². The van der Waals surface area contributed by atoms with Crippen molar-refractivity contribution in [2.45, 2.75) is 32.7 Å². The van der Waals surface area contributed by atoms with Gasteiger partial charge >= 0.3 is 0 Å². The molecular weight excluding hydrogens is 316 g/mol. The predicted octanol–water partition coefficient (Wildman–Crippen LogP) is 3.57. The van der Waals surface area contributed by atoms with Gasteiger partial charge in [0.1, 0.15) is 0 Å². The number of ketones is 1. The van der Waals surface area contributed by atoms with Gasteiger partial charge in [-0.3, -0.25) is 4.79 Å². The molecule has 1 aliphatic rings. The van der Waals surface area contributed by atoms with E-state index in [0.29, 0.717) is 6.04 Å². The smallest absolute Gasteiger partial charge is 0.161 e. The molecule has 0 bridgehead atoms.